The Balaban J connectivity index is 1.57. The normalized spacial score (nSPS) is 17.9. The number of nitrogens with one attached hydrogen (secondary N) is 1. The Hall–Kier alpha value is -1.62. The van der Waals surface area contributed by atoms with Crippen LogP contribution in [0.2, 0.25) is 0 Å². The van der Waals surface area contributed by atoms with Gasteiger partial charge in [-0.25, -0.2) is 0 Å². The van der Waals surface area contributed by atoms with Crippen LogP contribution in [0.25, 0.3) is 0 Å². The van der Waals surface area contributed by atoms with Crippen molar-refractivity contribution in [1.29, 1.82) is 0 Å². The summed E-state index contributed by atoms with van der Waals surface area (Å²) in [5, 5.41) is 3.57. The number of rotatable bonds is 7. The monoisotopic (exact) mass is 327 g/mol. The molecule has 1 aliphatic rings. The van der Waals surface area contributed by atoms with Crippen molar-refractivity contribution in [2.75, 3.05) is 32.7 Å². The summed E-state index contributed by atoms with van der Waals surface area (Å²) in [6, 6.07) is 13.0. The average Bonchev–Trinajstić information content (AvgIpc) is 3.16. The molecule has 3 rings (SSSR count). The summed E-state index contributed by atoms with van der Waals surface area (Å²) < 4.78 is 5.48. The van der Waals surface area contributed by atoms with Crippen LogP contribution in [0.5, 0.6) is 0 Å². The third kappa shape index (κ3) is 4.47. The van der Waals surface area contributed by atoms with Crippen molar-refractivity contribution in [3.05, 3.63) is 59.5 Å². The lowest BCUT2D eigenvalue weighted by molar-refractivity contribution is 0.131. The van der Waals surface area contributed by atoms with Crippen molar-refractivity contribution in [1.82, 2.24) is 15.1 Å². The van der Waals surface area contributed by atoms with E-state index in [4.69, 9.17) is 4.42 Å². The number of likely N-dealkylation sites (N-methyl/N-ethyl adjacent to an activating group) is 1. The van der Waals surface area contributed by atoms with Gasteiger partial charge in [0.2, 0.25) is 0 Å². The molecule has 0 radical (unpaired) electrons. The molecule has 0 saturated carbocycles. The molecule has 1 atom stereocenters. The van der Waals surface area contributed by atoms with Crippen molar-refractivity contribution in [2.45, 2.75) is 33.0 Å². The molecule has 1 N–H and O–H groups in total. The molecule has 0 unspecified atom stereocenters. The van der Waals surface area contributed by atoms with Crippen LogP contribution < -0.4 is 5.32 Å². The molecular weight excluding hydrogens is 298 g/mol. The maximum Gasteiger partial charge on any atom is 0.120 e. The Morgan fingerprint density at radius 3 is 2.38 bits per heavy atom. The van der Waals surface area contributed by atoms with Crippen LogP contribution >= 0.6 is 0 Å². The van der Waals surface area contributed by atoms with Crippen molar-refractivity contribution in [3.8, 4) is 0 Å². The summed E-state index contributed by atoms with van der Waals surface area (Å²) >= 11 is 0. The lowest BCUT2D eigenvalue weighted by atomic mass is 10.1. The van der Waals surface area contributed by atoms with Gasteiger partial charge in [0.1, 0.15) is 5.76 Å². The van der Waals surface area contributed by atoms with Crippen molar-refractivity contribution in [3.63, 3.8) is 0 Å². The van der Waals surface area contributed by atoms with E-state index in [9.17, 15) is 0 Å². The number of nitrogens with zero attached hydrogens (tertiary/aromatic N) is 2. The molecular formula is C20H29N3O. The van der Waals surface area contributed by atoms with Gasteiger partial charge < -0.3 is 14.6 Å². The third-order valence-corrected chi connectivity index (χ3v) is 4.99. The topological polar surface area (TPSA) is 31.6 Å². The molecule has 1 aromatic carbocycles. The Morgan fingerprint density at radius 2 is 1.71 bits per heavy atom. The molecule has 1 aromatic heterocycles. The van der Waals surface area contributed by atoms with Crippen molar-refractivity contribution < 1.29 is 4.42 Å². The molecule has 0 spiro atoms. The van der Waals surface area contributed by atoms with Crippen molar-refractivity contribution >= 4 is 0 Å². The minimum atomic E-state index is 0.223. The van der Waals surface area contributed by atoms with E-state index >= 15 is 0 Å². The summed E-state index contributed by atoms with van der Waals surface area (Å²) in [6.45, 7) is 12.2. The quantitative estimate of drug-likeness (QED) is 0.846. The van der Waals surface area contributed by atoms with Crippen LogP contribution in [0.15, 0.2) is 47.1 Å². The van der Waals surface area contributed by atoms with Crippen LogP contribution in [0.1, 0.15) is 36.8 Å². The number of hydrogen-bond acceptors (Lipinski definition) is 4. The summed E-state index contributed by atoms with van der Waals surface area (Å²) in [5.74, 6) is 0.989. The number of benzene rings is 1. The Labute approximate surface area is 145 Å². The van der Waals surface area contributed by atoms with Crippen LogP contribution in [0.3, 0.4) is 0 Å². The van der Waals surface area contributed by atoms with Crippen molar-refractivity contribution in [2.24, 2.45) is 0 Å². The minimum absolute atomic E-state index is 0.223. The predicted molar refractivity (Wildman–Crippen MR) is 97.8 cm³/mol. The largest absolute Gasteiger partial charge is 0.468 e. The second-order valence-corrected chi connectivity index (χ2v) is 6.60. The predicted octanol–water partition coefficient (Wildman–Crippen LogP) is 3.27. The van der Waals surface area contributed by atoms with E-state index in [1.165, 1.54) is 43.9 Å². The molecule has 1 saturated heterocycles. The van der Waals surface area contributed by atoms with Gasteiger partial charge in [0.15, 0.2) is 0 Å². The first-order valence-electron chi connectivity index (χ1n) is 9.04. The standard InChI is InChI=1S/C20H29N3O/c1-3-22-10-12-23(13-11-22)16-19-8-5-4-7-18(19)15-21-17(2)20-9-6-14-24-20/h4-9,14,17,21H,3,10-13,15-16H2,1-2H3/t17-/m0/s1. The number of furan rings is 1. The highest BCUT2D eigenvalue weighted by Gasteiger charge is 2.16. The third-order valence-electron chi connectivity index (χ3n) is 4.99. The van der Waals surface area contributed by atoms with E-state index in [2.05, 4.69) is 53.2 Å². The van der Waals surface area contributed by atoms with Gasteiger partial charge in [0.05, 0.1) is 12.3 Å². The summed E-state index contributed by atoms with van der Waals surface area (Å²) in [4.78, 5) is 5.09. The highest BCUT2D eigenvalue weighted by atomic mass is 16.3. The van der Waals surface area contributed by atoms with Crippen LogP contribution in [-0.2, 0) is 13.1 Å². The molecule has 1 aliphatic heterocycles. The molecule has 0 bridgehead atoms. The number of piperazine rings is 1. The molecule has 2 aromatic rings. The van der Waals surface area contributed by atoms with Crippen LogP contribution in [-0.4, -0.2) is 42.5 Å². The van der Waals surface area contributed by atoms with E-state index in [0.29, 0.717) is 0 Å². The highest BCUT2D eigenvalue weighted by molar-refractivity contribution is 5.27. The molecule has 0 aliphatic carbocycles. The van der Waals surface area contributed by atoms with Gasteiger partial charge >= 0.3 is 0 Å². The van der Waals surface area contributed by atoms with E-state index in [1.807, 2.05) is 12.1 Å². The molecule has 2 heterocycles. The van der Waals surface area contributed by atoms with Crippen LogP contribution in [0, 0.1) is 0 Å². The molecule has 24 heavy (non-hydrogen) atoms. The maximum atomic E-state index is 5.48. The number of hydrogen-bond donors (Lipinski definition) is 1. The Morgan fingerprint density at radius 1 is 1.00 bits per heavy atom. The smallest absolute Gasteiger partial charge is 0.120 e. The van der Waals surface area contributed by atoms with Gasteiger partial charge in [-0.2, -0.15) is 0 Å². The minimum Gasteiger partial charge on any atom is -0.468 e. The molecule has 4 nitrogen and oxygen atoms in total. The fourth-order valence-corrected chi connectivity index (χ4v) is 3.29. The Bertz CT molecular complexity index is 603. The van der Waals surface area contributed by atoms with Crippen LogP contribution in [0.4, 0.5) is 0 Å². The fraction of sp³-hybridized carbons (Fsp3) is 0.500. The average molecular weight is 327 g/mol. The molecule has 0 amide bonds. The first kappa shape index (κ1) is 17.2. The molecule has 1 fully saturated rings. The van der Waals surface area contributed by atoms with E-state index in [0.717, 1.165) is 18.8 Å². The first-order valence-corrected chi connectivity index (χ1v) is 9.04. The summed E-state index contributed by atoms with van der Waals surface area (Å²) in [5.41, 5.74) is 2.82. The SMILES string of the molecule is CCN1CCN(Cc2ccccc2CN[C@@H](C)c2ccco2)CC1. The maximum absolute atomic E-state index is 5.48. The zero-order valence-corrected chi connectivity index (χ0v) is 14.9. The van der Waals surface area contributed by atoms with Gasteiger partial charge in [-0.3, -0.25) is 4.90 Å². The lowest BCUT2D eigenvalue weighted by Gasteiger charge is -2.34. The fourth-order valence-electron chi connectivity index (χ4n) is 3.29. The zero-order chi connectivity index (χ0) is 16.8. The zero-order valence-electron chi connectivity index (χ0n) is 14.9. The second-order valence-electron chi connectivity index (χ2n) is 6.60. The lowest BCUT2D eigenvalue weighted by Crippen LogP contribution is -2.45. The first-order chi connectivity index (χ1) is 11.8. The Kier molecular flexibility index (Phi) is 6.07. The highest BCUT2D eigenvalue weighted by Crippen LogP contribution is 2.17. The van der Waals surface area contributed by atoms with Gasteiger partial charge in [0.25, 0.3) is 0 Å². The van der Waals surface area contributed by atoms with Gasteiger partial charge in [-0.15, -0.1) is 0 Å². The summed E-state index contributed by atoms with van der Waals surface area (Å²) in [6.07, 6.45) is 1.73. The van der Waals surface area contributed by atoms with Gasteiger partial charge in [0, 0.05) is 39.3 Å². The van der Waals surface area contributed by atoms with Gasteiger partial charge in [-0.1, -0.05) is 31.2 Å². The molecule has 130 valence electrons. The van der Waals surface area contributed by atoms with E-state index < -0.39 is 0 Å². The van der Waals surface area contributed by atoms with E-state index in [-0.39, 0.29) is 6.04 Å². The summed E-state index contributed by atoms with van der Waals surface area (Å²) in [7, 11) is 0. The van der Waals surface area contributed by atoms with E-state index in [1.54, 1.807) is 6.26 Å². The van der Waals surface area contributed by atoms with Gasteiger partial charge in [-0.05, 0) is 36.7 Å². The molecule has 4 heteroatoms. The second kappa shape index (κ2) is 8.47.